The summed E-state index contributed by atoms with van der Waals surface area (Å²) >= 11 is 6.01. The van der Waals surface area contributed by atoms with Crippen LogP contribution >= 0.6 is 11.6 Å². The molecule has 0 aromatic heterocycles. The molecule has 2 unspecified atom stereocenters. The first-order valence-electron chi connectivity index (χ1n) is 6.87. The Labute approximate surface area is 119 Å². The van der Waals surface area contributed by atoms with Gasteiger partial charge in [-0.25, -0.2) is 0 Å². The molecule has 1 saturated carbocycles. The van der Waals surface area contributed by atoms with E-state index in [2.05, 4.69) is 12.2 Å². The molecule has 3 nitrogen and oxygen atoms in total. The monoisotopic (exact) mass is 281 g/mol. The van der Waals surface area contributed by atoms with E-state index in [0.29, 0.717) is 16.5 Å². The van der Waals surface area contributed by atoms with Gasteiger partial charge in [0, 0.05) is 6.04 Å². The van der Waals surface area contributed by atoms with E-state index in [9.17, 15) is 9.90 Å². The molecule has 1 aromatic rings. The summed E-state index contributed by atoms with van der Waals surface area (Å²) in [7, 11) is 0. The molecular formula is C15H20ClNO2. The molecule has 1 amide bonds. The smallest absolute Gasteiger partial charge is 0.253 e. The third kappa shape index (κ3) is 3.63. The molecule has 1 aliphatic carbocycles. The normalized spacial score (nSPS) is 23.7. The third-order valence-electron chi connectivity index (χ3n) is 3.87. The average molecular weight is 282 g/mol. The van der Waals surface area contributed by atoms with Crippen molar-refractivity contribution in [1.29, 1.82) is 0 Å². The Bertz CT molecular complexity index is 461. The summed E-state index contributed by atoms with van der Waals surface area (Å²) in [5.74, 6) is 0.352. The van der Waals surface area contributed by atoms with Gasteiger partial charge in [-0.2, -0.15) is 0 Å². The lowest BCUT2D eigenvalue weighted by atomic mass is 9.96. The maximum atomic E-state index is 12.2. The van der Waals surface area contributed by atoms with Gasteiger partial charge in [-0.3, -0.25) is 4.79 Å². The van der Waals surface area contributed by atoms with Crippen LogP contribution in [0.5, 0.6) is 5.75 Å². The van der Waals surface area contributed by atoms with Gasteiger partial charge >= 0.3 is 0 Å². The maximum absolute atomic E-state index is 12.2. The number of carbonyl (C=O) groups is 1. The fourth-order valence-corrected chi connectivity index (χ4v) is 2.84. The molecule has 1 aliphatic rings. The molecule has 0 bridgehead atoms. The highest BCUT2D eigenvalue weighted by atomic mass is 35.5. The number of phenols is 1. The van der Waals surface area contributed by atoms with Gasteiger partial charge in [0.15, 0.2) is 0 Å². The minimum absolute atomic E-state index is 0.0588. The zero-order chi connectivity index (χ0) is 13.8. The molecule has 104 valence electrons. The Morgan fingerprint density at radius 1 is 1.32 bits per heavy atom. The van der Waals surface area contributed by atoms with Crippen molar-refractivity contribution >= 4 is 17.5 Å². The Morgan fingerprint density at radius 3 is 2.84 bits per heavy atom. The highest BCUT2D eigenvalue weighted by Gasteiger charge is 2.23. The van der Waals surface area contributed by atoms with Crippen LogP contribution in [-0.2, 0) is 0 Å². The van der Waals surface area contributed by atoms with Crippen molar-refractivity contribution in [2.75, 3.05) is 0 Å². The standard InChI is InChI=1S/C15H20ClNO2/c1-10-5-3-2-4-6-14(10)17-15(19)12-9-11(18)7-8-13(12)16/h7-10,14,18H,2-6H2,1H3,(H,17,19). The van der Waals surface area contributed by atoms with Crippen LogP contribution in [0.2, 0.25) is 5.02 Å². The molecule has 0 radical (unpaired) electrons. The topological polar surface area (TPSA) is 49.3 Å². The van der Waals surface area contributed by atoms with Crippen molar-refractivity contribution in [2.24, 2.45) is 5.92 Å². The van der Waals surface area contributed by atoms with E-state index in [0.717, 1.165) is 19.3 Å². The summed E-state index contributed by atoms with van der Waals surface area (Å²) in [6.07, 6.45) is 5.80. The average Bonchev–Trinajstić information content (AvgIpc) is 2.58. The van der Waals surface area contributed by atoms with E-state index in [-0.39, 0.29) is 17.7 Å². The predicted molar refractivity (Wildman–Crippen MR) is 76.6 cm³/mol. The Kier molecular flexibility index (Phi) is 4.70. The van der Waals surface area contributed by atoms with Crippen LogP contribution in [-0.4, -0.2) is 17.1 Å². The van der Waals surface area contributed by atoms with E-state index >= 15 is 0 Å². The van der Waals surface area contributed by atoms with E-state index in [1.165, 1.54) is 25.0 Å². The van der Waals surface area contributed by atoms with Gasteiger partial charge in [-0.15, -0.1) is 0 Å². The molecule has 0 heterocycles. The van der Waals surface area contributed by atoms with Crippen molar-refractivity contribution in [3.05, 3.63) is 28.8 Å². The van der Waals surface area contributed by atoms with Gasteiger partial charge in [0.25, 0.3) is 5.91 Å². The molecule has 2 N–H and O–H groups in total. The number of amides is 1. The summed E-state index contributed by atoms with van der Waals surface area (Å²) in [4.78, 5) is 12.2. The molecular weight excluding hydrogens is 262 g/mol. The number of aromatic hydroxyl groups is 1. The first-order valence-corrected chi connectivity index (χ1v) is 7.25. The minimum atomic E-state index is -0.195. The van der Waals surface area contributed by atoms with E-state index in [1.807, 2.05) is 0 Å². The maximum Gasteiger partial charge on any atom is 0.253 e. The Morgan fingerprint density at radius 2 is 2.05 bits per heavy atom. The van der Waals surface area contributed by atoms with Gasteiger partial charge in [-0.1, -0.05) is 37.8 Å². The largest absolute Gasteiger partial charge is 0.508 e. The molecule has 2 atom stereocenters. The first-order chi connectivity index (χ1) is 9.08. The first kappa shape index (κ1) is 14.2. The van der Waals surface area contributed by atoms with E-state index < -0.39 is 0 Å². The van der Waals surface area contributed by atoms with Gasteiger partial charge < -0.3 is 10.4 Å². The summed E-state index contributed by atoms with van der Waals surface area (Å²) in [5, 5.41) is 12.9. The van der Waals surface area contributed by atoms with Gasteiger partial charge in [-0.05, 0) is 37.0 Å². The number of halogens is 1. The van der Waals surface area contributed by atoms with E-state index in [4.69, 9.17) is 11.6 Å². The molecule has 19 heavy (non-hydrogen) atoms. The van der Waals surface area contributed by atoms with Crippen LogP contribution in [0, 0.1) is 5.92 Å². The molecule has 1 aromatic carbocycles. The predicted octanol–water partition coefficient (Wildman–Crippen LogP) is 3.74. The zero-order valence-electron chi connectivity index (χ0n) is 11.2. The number of rotatable bonds is 2. The van der Waals surface area contributed by atoms with Crippen molar-refractivity contribution in [3.8, 4) is 5.75 Å². The Balaban J connectivity index is 2.09. The molecule has 0 aliphatic heterocycles. The minimum Gasteiger partial charge on any atom is -0.508 e. The second-order valence-corrected chi connectivity index (χ2v) is 5.77. The van der Waals surface area contributed by atoms with Gasteiger partial charge in [0.2, 0.25) is 0 Å². The third-order valence-corrected chi connectivity index (χ3v) is 4.20. The number of phenolic OH excluding ortho intramolecular Hbond substituents is 1. The van der Waals surface area contributed by atoms with Crippen LogP contribution in [0.15, 0.2) is 18.2 Å². The van der Waals surface area contributed by atoms with Crippen LogP contribution in [0.4, 0.5) is 0 Å². The molecule has 0 spiro atoms. The Hall–Kier alpha value is -1.22. The van der Waals surface area contributed by atoms with Crippen LogP contribution in [0.3, 0.4) is 0 Å². The second-order valence-electron chi connectivity index (χ2n) is 5.36. The van der Waals surface area contributed by atoms with E-state index in [1.54, 1.807) is 6.07 Å². The second kappa shape index (κ2) is 6.29. The molecule has 0 saturated heterocycles. The number of hydrogen-bond acceptors (Lipinski definition) is 2. The van der Waals surface area contributed by atoms with Gasteiger partial charge in [0.05, 0.1) is 10.6 Å². The number of benzene rings is 1. The number of hydrogen-bond donors (Lipinski definition) is 2. The van der Waals surface area contributed by atoms with Crippen molar-refractivity contribution in [2.45, 2.75) is 45.1 Å². The SMILES string of the molecule is CC1CCCCCC1NC(=O)c1cc(O)ccc1Cl. The molecule has 2 rings (SSSR count). The fourth-order valence-electron chi connectivity index (χ4n) is 2.64. The summed E-state index contributed by atoms with van der Waals surface area (Å²) in [6, 6.07) is 4.64. The molecule has 4 heteroatoms. The lowest BCUT2D eigenvalue weighted by Gasteiger charge is -2.23. The van der Waals surface area contributed by atoms with Crippen molar-refractivity contribution in [3.63, 3.8) is 0 Å². The summed E-state index contributed by atoms with van der Waals surface area (Å²) in [6.45, 7) is 2.18. The summed E-state index contributed by atoms with van der Waals surface area (Å²) in [5.41, 5.74) is 0.345. The van der Waals surface area contributed by atoms with Crippen LogP contribution in [0.25, 0.3) is 0 Å². The zero-order valence-corrected chi connectivity index (χ0v) is 11.9. The molecule has 1 fully saturated rings. The highest BCUT2D eigenvalue weighted by molar-refractivity contribution is 6.33. The highest BCUT2D eigenvalue weighted by Crippen LogP contribution is 2.25. The quantitative estimate of drug-likeness (QED) is 0.811. The van der Waals surface area contributed by atoms with Gasteiger partial charge in [0.1, 0.15) is 5.75 Å². The number of carbonyl (C=O) groups excluding carboxylic acids is 1. The summed E-state index contributed by atoms with van der Waals surface area (Å²) < 4.78 is 0. The van der Waals surface area contributed by atoms with Crippen LogP contribution < -0.4 is 5.32 Å². The fraction of sp³-hybridized carbons (Fsp3) is 0.533. The van der Waals surface area contributed by atoms with Crippen molar-refractivity contribution < 1.29 is 9.90 Å². The van der Waals surface area contributed by atoms with Crippen LogP contribution in [0.1, 0.15) is 49.4 Å². The lowest BCUT2D eigenvalue weighted by molar-refractivity contribution is 0.0921. The van der Waals surface area contributed by atoms with Crippen molar-refractivity contribution in [1.82, 2.24) is 5.32 Å². The lowest BCUT2D eigenvalue weighted by Crippen LogP contribution is -2.38. The number of nitrogens with one attached hydrogen (secondary N) is 1.